The number of methoxy groups -OCH3 is 1. The zero-order valence-electron chi connectivity index (χ0n) is 10.4. The van der Waals surface area contributed by atoms with Crippen LogP contribution in [0.25, 0.3) is 0 Å². The number of anilines is 2. The Kier molecular flexibility index (Phi) is 4.14. The van der Waals surface area contributed by atoms with E-state index in [-0.39, 0.29) is 6.10 Å². The highest BCUT2D eigenvalue weighted by atomic mass is 16.5. The third-order valence-electron chi connectivity index (χ3n) is 2.91. The Morgan fingerprint density at radius 3 is 2.71 bits per heavy atom. The average molecular weight is 236 g/mol. The second-order valence-electron chi connectivity index (χ2n) is 4.54. The highest BCUT2D eigenvalue weighted by molar-refractivity contribution is 5.46. The lowest BCUT2D eigenvalue weighted by molar-refractivity contribution is 0.128. The van der Waals surface area contributed by atoms with Crippen LogP contribution in [-0.4, -0.2) is 36.3 Å². The lowest BCUT2D eigenvalue weighted by Gasteiger charge is -2.12. The summed E-state index contributed by atoms with van der Waals surface area (Å²) in [4.78, 5) is 8.36. The molecule has 1 atom stereocenters. The van der Waals surface area contributed by atoms with Crippen LogP contribution in [0.4, 0.5) is 11.6 Å². The molecule has 0 amide bonds. The topological polar surface area (TPSA) is 59.1 Å². The molecule has 0 bridgehead atoms. The molecule has 1 aliphatic carbocycles. The molecule has 0 aromatic carbocycles. The highest BCUT2D eigenvalue weighted by Crippen LogP contribution is 2.28. The van der Waals surface area contributed by atoms with Gasteiger partial charge in [0.25, 0.3) is 0 Å². The van der Waals surface area contributed by atoms with Gasteiger partial charge in [0.15, 0.2) is 0 Å². The number of nitrogens with zero attached hydrogens (tertiary/aromatic N) is 2. The number of rotatable bonds is 7. The predicted octanol–water partition coefficient (Wildman–Crippen LogP) is 1.75. The van der Waals surface area contributed by atoms with Crippen LogP contribution < -0.4 is 10.6 Å². The first kappa shape index (κ1) is 12.1. The summed E-state index contributed by atoms with van der Waals surface area (Å²) in [6.45, 7) is 3.78. The van der Waals surface area contributed by atoms with Gasteiger partial charge in [-0.2, -0.15) is 0 Å². The lowest BCUT2D eigenvalue weighted by atomic mass is 10.4. The van der Waals surface area contributed by atoms with Gasteiger partial charge in [-0.3, -0.25) is 0 Å². The standard InChI is InChI=1S/C12H20N4O/c1-9(17-2)6-13-11-5-12(16-8-15-11)14-7-10-3-4-10/h5,8-10H,3-4,6-7H2,1-2H3,(H2,13,14,15,16). The van der Waals surface area contributed by atoms with E-state index in [4.69, 9.17) is 4.74 Å². The third kappa shape index (κ3) is 4.19. The second-order valence-corrected chi connectivity index (χ2v) is 4.54. The van der Waals surface area contributed by atoms with Crippen LogP contribution in [0.2, 0.25) is 0 Å². The van der Waals surface area contributed by atoms with Gasteiger partial charge in [0, 0.05) is 26.3 Å². The van der Waals surface area contributed by atoms with Crippen molar-refractivity contribution in [3.05, 3.63) is 12.4 Å². The normalized spacial score (nSPS) is 16.6. The van der Waals surface area contributed by atoms with E-state index in [1.165, 1.54) is 12.8 Å². The Morgan fingerprint density at radius 2 is 2.06 bits per heavy atom. The largest absolute Gasteiger partial charge is 0.380 e. The molecule has 0 spiro atoms. The zero-order chi connectivity index (χ0) is 12.1. The van der Waals surface area contributed by atoms with Gasteiger partial charge >= 0.3 is 0 Å². The van der Waals surface area contributed by atoms with E-state index >= 15 is 0 Å². The summed E-state index contributed by atoms with van der Waals surface area (Å²) in [5.41, 5.74) is 0. The summed E-state index contributed by atoms with van der Waals surface area (Å²) < 4.78 is 5.17. The van der Waals surface area contributed by atoms with Gasteiger partial charge in [-0.15, -0.1) is 0 Å². The first-order valence-electron chi connectivity index (χ1n) is 6.10. The fourth-order valence-electron chi connectivity index (χ4n) is 1.45. The third-order valence-corrected chi connectivity index (χ3v) is 2.91. The van der Waals surface area contributed by atoms with Crippen molar-refractivity contribution in [2.24, 2.45) is 5.92 Å². The van der Waals surface area contributed by atoms with Crippen molar-refractivity contribution in [2.75, 3.05) is 30.8 Å². The maximum atomic E-state index is 5.17. The molecule has 2 rings (SSSR count). The minimum Gasteiger partial charge on any atom is -0.380 e. The summed E-state index contributed by atoms with van der Waals surface area (Å²) in [5.74, 6) is 2.57. The predicted molar refractivity (Wildman–Crippen MR) is 68.2 cm³/mol. The van der Waals surface area contributed by atoms with Crippen molar-refractivity contribution in [2.45, 2.75) is 25.9 Å². The van der Waals surface area contributed by atoms with Gasteiger partial charge in [0.2, 0.25) is 0 Å². The Balaban J connectivity index is 1.82. The minimum absolute atomic E-state index is 0.174. The Morgan fingerprint density at radius 1 is 1.35 bits per heavy atom. The molecule has 0 radical (unpaired) electrons. The maximum absolute atomic E-state index is 5.17. The molecular weight excluding hydrogens is 216 g/mol. The highest BCUT2D eigenvalue weighted by Gasteiger charge is 2.20. The molecule has 1 fully saturated rings. The van der Waals surface area contributed by atoms with Gasteiger partial charge < -0.3 is 15.4 Å². The van der Waals surface area contributed by atoms with Crippen LogP contribution in [0.1, 0.15) is 19.8 Å². The summed E-state index contributed by atoms with van der Waals surface area (Å²) in [6, 6.07) is 1.94. The first-order valence-corrected chi connectivity index (χ1v) is 6.10. The molecule has 0 aliphatic heterocycles. The summed E-state index contributed by atoms with van der Waals surface area (Å²) in [6.07, 6.45) is 4.44. The maximum Gasteiger partial charge on any atom is 0.131 e. The number of nitrogens with one attached hydrogen (secondary N) is 2. The number of hydrogen-bond acceptors (Lipinski definition) is 5. The quantitative estimate of drug-likeness (QED) is 0.755. The van der Waals surface area contributed by atoms with Crippen molar-refractivity contribution in [3.63, 3.8) is 0 Å². The van der Waals surface area contributed by atoms with E-state index in [2.05, 4.69) is 20.6 Å². The molecule has 0 saturated heterocycles. The van der Waals surface area contributed by atoms with E-state index in [1.807, 2.05) is 13.0 Å². The van der Waals surface area contributed by atoms with Gasteiger partial charge in [0.1, 0.15) is 18.0 Å². The number of hydrogen-bond donors (Lipinski definition) is 2. The van der Waals surface area contributed by atoms with E-state index in [0.29, 0.717) is 0 Å². The molecule has 1 heterocycles. The van der Waals surface area contributed by atoms with Crippen LogP contribution >= 0.6 is 0 Å². The van der Waals surface area contributed by atoms with E-state index in [9.17, 15) is 0 Å². The van der Waals surface area contributed by atoms with Gasteiger partial charge in [-0.1, -0.05) is 0 Å². The van der Waals surface area contributed by atoms with Crippen LogP contribution in [0.3, 0.4) is 0 Å². The van der Waals surface area contributed by atoms with E-state index in [0.717, 1.165) is 30.6 Å². The number of ether oxygens (including phenoxy) is 1. The van der Waals surface area contributed by atoms with Crippen LogP contribution in [0, 0.1) is 5.92 Å². The Bertz CT molecular complexity index is 354. The summed E-state index contributed by atoms with van der Waals surface area (Å²) in [5, 5.41) is 6.55. The summed E-state index contributed by atoms with van der Waals surface area (Å²) in [7, 11) is 1.70. The van der Waals surface area contributed by atoms with Crippen LogP contribution in [-0.2, 0) is 4.74 Å². The smallest absolute Gasteiger partial charge is 0.131 e. The monoisotopic (exact) mass is 236 g/mol. The van der Waals surface area contributed by atoms with Crippen molar-refractivity contribution >= 4 is 11.6 Å². The van der Waals surface area contributed by atoms with Crippen molar-refractivity contribution in [1.29, 1.82) is 0 Å². The molecular formula is C12H20N4O. The first-order chi connectivity index (χ1) is 8.28. The number of aromatic nitrogens is 2. The van der Waals surface area contributed by atoms with Crippen LogP contribution in [0.15, 0.2) is 12.4 Å². The van der Waals surface area contributed by atoms with Crippen LogP contribution in [0.5, 0.6) is 0 Å². The van der Waals surface area contributed by atoms with Crippen molar-refractivity contribution in [1.82, 2.24) is 9.97 Å². The van der Waals surface area contributed by atoms with Gasteiger partial charge in [-0.05, 0) is 25.7 Å². The molecule has 94 valence electrons. The summed E-state index contributed by atoms with van der Waals surface area (Å²) >= 11 is 0. The van der Waals surface area contributed by atoms with Gasteiger partial charge in [-0.25, -0.2) is 9.97 Å². The fraction of sp³-hybridized carbons (Fsp3) is 0.667. The molecule has 1 aliphatic rings. The molecule has 2 N–H and O–H groups in total. The fourth-order valence-corrected chi connectivity index (χ4v) is 1.45. The molecule has 1 aromatic heterocycles. The van der Waals surface area contributed by atoms with Crippen molar-refractivity contribution in [3.8, 4) is 0 Å². The Hall–Kier alpha value is -1.36. The second kappa shape index (κ2) is 5.82. The molecule has 17 heavy (non-hydrogen) atoms. The average Bonchev–Trinajstić information content (AvgIpc) is 3.18. The molecule has 5 heteroatoms. The Labute approximate surface area is 102 Å². The molecule has 5 nitrogen and oxygen atoms in total. The molecule has 1 unspecified atom stereocenters. The zero-order valence-corrected chi connectivity index (χ0v) is 10.4. The lowest BCUT2D eigenvalue weighted by Crippen LogP contribution is -2.18. The molecule has 1 aromatic rings. The SMILES string of the molecule is COC(C)CNc1cc(NCC2CC2)ncn1. The minimum atomic E-state index is 0.174. The van der Waals surface area contributed by atoms with Crippen molar-refractivity contribution < 1.29 is 4.74 Å². The van der Waals surface area contributed by atoms with Gasteiger partial charge in [0.05, 0.1) is 6.10 Å². The molecule has 1 saturated carbocycles. The van der Waals surface area contributed by atoms with E-state index < -0.39 is 0 Å². The van der Waals surface area contributed by atoms with E-state index in [1.54, 1.807) is 13.4 Å².